The largest absolute Gasteiger partial charge is 0.496 e. The van der Waals surface area contributed by atoms with E-state index in [0.717, 1.165) is 5.39 Å². The number of para-hydroxylation sites is 1. The number of benzene rings is 2. The number of hydrogen-bond donors (Lipinski definition) is 1. The Morgan fingerprint density at radius 2 is 1.88 bits per heavy atom. The van der Waals surface area contributed by atoms with Gasteiger partial charge in [0.2, 0.25) is 5.91 Å². The van der Waals surface area contributed by atoms with Crippen LogP contribution in [0.3, 0.4) is 0 Å². The molecule has 0 unspecified atom stereocenters. The summed E-state index contributed by atoms with van der Waals surface area (Å²) in [6.07, 6.45) is 0.443. The average molecular weight is 351 g/mol. The Kier molecular flexibility index (Phi) is 5.07. The fraction of sp³-hybridized carbons (Fsp3) is 0.238. The van der Waals surface area contributed by atoms with Crippen LogP contribution in [0.25, 0.3) is 22.1 Å². The van der Waals surface area contributed by atoms with E-state index in [-0.39, 0.29) is 11.8 Å². The summed E-state index contributed by atoms with van der Waals surface area (Å²) in [5.74, 6) is 0.716. The summed E-state index contributed by atoms with van der Waals surface area (Å²) < 4.78 is 10.8. The van der Waals surface area contributed by atoms with E-state index in [9.17, 15) is 9.59 Å². The number of methoxy groups -OCH3 is 1. The van der Waals surface area contributed by atoms with Crippen molar-refractivity contribution in [2.24, 2.45) is 5.92 Å². The summed E-state index contributed by atoms with van der Waals surface area (Å²) in [4.78, 5) is 24.4. The minimum Gasteiger partial charge on any atom is -0.496 e. The zero-order chi connectivity index (χ0) is 18.7. The summed E-state index contributed by atoms with van der Waals surface area (Å²) in [6.45, 7) is 3.98. The van der Waals surface area contributed by atoms with Gasteiger partial charge >= 0.3 is 5.63 Å². The van der Waals surface area contributed by atoms with Crippen molar-refractivity contribution >= 4 is 22.6 Å². The van der Waals surface area contributed by atoms with E-state index in [1.54, 1.807) is 30.3 Å². The first-order valence-electron chi connectivity index (χ1n) is 8.49. The third-order valence-corrected chi connectivity index (χ3v) is 4.01. The topological polar surface area (TPSA) is 68.5 Å². The molecule has 0 aliphatic carbocycles. The number of anilines is 1. The average Bonchev–Trinajstić information content (AvgIpc) is 2.60. The maximum atomic E-state index is 12.4. The molecular formula is C21H21NO4. The number of ether oxygens (including phenoxy) is 1. The molecule has 0 fully saturated rings. The summed E-state index contributed by atoms with van der Waals surface area (Å²) in [7, 11) is 1.53. The van der Waals surface area contributed by atoms with Crippen molar-refractivity contribution in [1.82, 2.24) is 0 Å². The first kappa shape index (κ1) is 17.7. The molecule has 0 atom stereocenters. The number of carbonyl (C=O) groups excluding carboxylic acids is 1. The summed E-state index contributed by atoms with van der Waals surface area (Å²) in [6, 6.07) is 14.4. The Balaban J connectivity index is 1.99. The molecule has 1 aromatic heterocycles. The van der Waals surface area contributed by atoms with Gasteiger partial charge in [-0.05, 0) is 30.2 Å². The minimum absolute atomic E-state index is 0.0555. The Hall–Kier alpha value is -3.08. The van der Waals surface area contributed by atoms with Gasteiger partial charge in [-0.15, -0.1) is 0 Å². The van der Waals surface area contributed by atoms with Crippen LogP contribution in [0.2, 0.25) is 0 Å². The molecule has 1 amide bonds. The van der Waals surface area contributed by atoms with Gasteiger partial charge in [0.05, 0.1) is 12.7 Å². The van der Waals surface area contributed by atoms with Gasteiger partial charge in [0.15, 0.2) is 0 Å². The molecule has 0 saturated carbocycles. The molecular weight excluding hydrogens is 330 g/mol. The molecule has 0 saturated heterocycles. The van der Waals surface area contributed by atoms with Crippen LogP contribution >= 0.6 is 0 Å². The number of nitrogens with one attached hydrogen (secondary N) is 1. The van der Waals surface area contributed by atoms with Crippen LogP contribution in [0, 0.1) is 5.92 Å². The number of carbonyl (C=O) groups is 1. The van der Waals surface area contributed by atoms with Crippen LogP contribution in [-0.2, 0) is 4.79 Å². The minimum atomic E-state index is -0.432. The van der Waals surface area contributed by atoms with Crippen molar-refractivity contribution in [3.05, 3.63) is 59.0 Å². The lowest BCUT2D eigenvalue weighted by atomic mass is 10.0. The van der Waals surface area contributed by atoms with Gasteiger partial charge in [0.1, 0.15) is 11.3 Å². The molecule has 5 heteroatoms. The summed E-state index contributed by atoms with van der Waals surface area (Å²) in [5.41, 5.74) is 1.77. The van der Waals surface area contributed by atoms with Crippen molar-refractivity contribution in [3.63, 3.8) is 0 Å². The van der Waals surface area contributed by atoms with Crippen LogP contribution in [0.4, 0.5) is 5.69 Å². The first-order valence-corrected chi connectivity index (χ1v) is 8.49. The Morgan fingerprint density at radius 3 is 2.62 bits per heavy atom. The number of rotatable bonds is 5. The third-order valence-electron chi connectivity index (χ3n) is 4.01. The predicted molar refractivity (Wildman–Crippen MR) is 103 cm³/mol. The fourth-order valence-corrected chi connectivity index (χ4v) is 2.82. The lowest BCUT2D eigenvalue weighted by Gasteiger charge is -2.12. The SMILES string of the molecule is COc1cc(NC(=O)CC(C)C)ccc1-c1cc2ccccc2oc1=O. The standard InChI is InChI=1S/C21H21NO4/c1-13(2)10-20(23)22-15-8-9-16(19(12-15)25-3)17-11-14-6-4-5-7-18(14)26-21(17)24/h4-9,11-13H,10H2,1-3H3,(H,22,23). The molecule has 0 spiro atoms. The monoisotopic (exact) mass is 351 g/mol. The van der Waals surface area contributed by atoms with E-state index in [4.69, 9.17) is 9.15 Å². The normalized spacial score (nSPS) is 10.9. The van der Waals surface area contributed by atoms with E-state index < -0.39 is 5.63 Å². The predicted octanol–water partition coefficient (Wildman–Crippen LogP) is 4.45. The summed E-state index contributed by atoms with van der Waals surface area (Å²) in [5, 5.41) is 3.68. The van der Waals surface area contributed by atoms with Crippen LogP contribution in [0.1, 0.15) is 20.3 Å². The molecule has 1 heterocycles. The highest BCUT2D eigenvalue weighted by Crippen LogP contribution is 2.32. The third kappa shape index (κ3) is 3.77. The van der Waals surface area contributed by atoms with Gasteiger partial charge in [-0.3, -0.25) is 4.79 Å². The molecule has 0 aliphatic rings. The van der Waals surface area contributed by atoms with E-state index in [0.29, 0.717) is 34.6 Å². The van der Waals surface area contributed by atoms with Crippen LogP contribution in [0.15, 0.2) is 57.7 Å². The van der Waals surface area contributed by atoms with Gasteiger partial charge < -0.3 is 14.5 Å². The second-order valence-corrected chi connectivity index (χ2v) is 6.55. The highest BCUT2D eigenvalue weighted by atomic mass is 16.5. The molecule has 26 heavy (non-hydrogen) atoms. The van der Waals surface area contributed by atoms with Gasteiger partial charge in [-0.25, -0.2) is 4.79 Å². The lowest BCUT2D eigenvalue weighted by molar-refractivity contribution is -0.116. The molecule has 3 rings (SSSR count). The van der Waals surface area contributed by atoms with E-state index >= 15 is 0 Å². The second-order valence-electron chi connectivity index (χ2n) is 6.55. The maximum absolute atomic E-state index is 12.4. The molecule has 3 aromatic rings. The molecule has 5 nitrogen and oxygen atoms in total. The van der Waals surface area contributed by atoms with Crippen molar-refractivity contribution in [3.8, 4) is 16.9 Å². The van der Waals surface area contributed by atoms with E-state index in [1.165, 1.54) is 7.11 Å². The molecule has 2 aromatic carbocycles. The van der Waals surface area contributed by atoms with Crippen LogP contribution < -0.4 is 15.7 Å². The molecule has 134 valence electrons. The molecule has 1 N–H and O–H groups in total. The Morgan fingerprint density at radius 1 is 1.12 bits per heavy atom. The Labute approximate surface area is 151 Å². The number of hydrogen-bond acceptors (Lipinski definition) is 4. The first-order chi connectivity index (χ1) is 12.5. The van der Waals surface area contributed by atoms with Crippen molar-refractivity contribution in [1.29, 1.82) is 0 Å². The zero-order valence-electron chi connectivity index (χ0n) is 15.0. The highest BCUT2D eigenvalue weighted by Gasteiger charge is 2.14. The second kappa shape index (κ2) is 7.44. The molecule has 0 radical (unpaired) electrons. The fourth-order valence-electron chi connectivity index (χ4n) is 2.82. The quantitative estimate of drug-likeness (QED) is 0.689. The van der Waals surface area contributed by atoms with Crippen molar-refractivity contribution in [2.45, 2.75) is 20.3 Å². The van der Waals surface area contributed by atoms with Crippen LogP contribution in [0.5, 0.6) is 5.75 Å². The number of amides is 1. The van der Waals surface area contributed by atoms with Crippen LogP contribution in [-0.4, -0.2) is 13.0 Å². The van der Waals surface area contributed by atoms with E-state index in [1.807, 2.05) is 32.0 Å². The zero-order valence-corrected chi connectivity index (χ0v) is 15.0. The smallest absolute Gasteiger partial charge is 0.344 e. The molecule has 0 bridgehead atoms. The van der Waals surface area contributed by atoms with Gasteiger partial charge in [0, 0.05) is 29.1 Å². The van der Waals surface area contributed by atoms with Crippen molar-refractivity contribution in [2.75, 3.05) is 12.4 Å². The summed E-state index contributed by atoms with van der Waals surface area (Å²) >= 11 is 0. The van der Waals surface area contributed by atoms with Gasteiger partial charge in [-0.2, -0.15) is 0 Å². The van der Waals surface area contributed by atoms with Crippen molar-refractivity contribution < 1.29 is 13.9 Å². The molecule has 0 aliphatic heterocycles. The van der Waals surface area contributed by atoms with E-state index in [2.05, 4.69) is 5.32 Å². The number of fused-ring (bicyclic) bond motifs is 1. The maximum Gasteiger partial charge on any atom is 0.344 e. The van der Waals surface area contributed by atoms with Gasteiger partial charge in [0.25, 0.3) is 0 Å². The Bertz CT molecular complexity index is 1000. The van der Waals surface area contributed by atoms with Gasteiger partial charge in [-0.1, -0.05) is 32.0 Å². The lowest BCUT2D eigenvalue weighted by Crippen LogP contribution is -2.14. The highest BCUT2D eigenvalue weighted by molar-refractivity contribution is 5.92.